The molecule has 0 aliphatic rings. The maximum Gasteiger partial charge on any atom is 0.387 e. The summed E-state index contributed by atoms with van der Waals surface area (Å²) in [7, 11) is 1.61. The zero-order valence-electron chi connectivity index (χ0n) is 11.6. The lowest BCUT2D eigenvalue weighted by molar-refractivity contribution is -0.0498. The van der Waals surface area contributed by atoms with E-state index in [4.69, 9.17) is 4.74 Å². The number of amides is 1. The normalized spacial score (nSPS) is 10.1. The Bertz CT molecular complexity index is 422. The number of alkyl halides is 2. The molecule has 0 heterocycles. The minimum absolute atomic E-state index is 0. The van der Waals surface area contributed by atoms with Gasteiger partial charge in [0.25, 0.3) is 5.91 Å². The van der Waals surface area contributed by atoms with E-state index < -0.39 is 6.61 Å². The van der Waals surface area contributed by atoms with E-state index in [0.29, 0.717) is 26.2 Å². The van der Waals surface area contributed by atoms with Crippen molar-refractivity contribution in [3.8, 4) is 5.75 Å². The molecule has 0 aliphatic carbocycles. The van der Waals surface area contributed by atoms with Crippen LogP contribution in [0, 0.1) is 0 Å². The number of halogens is 3. The van der Waals surface area contributed by atoms with Crippen LogP contribution in [0.3, 0.4) is 0 Å². The molecular weight excluding hydrogens is 306 g/mol. The molecule has 0 saturated heterocycles. The van der Waals surface area contributed by atoms with Crippen LogP contribution in [0.1, 0.15) is 10.4 Å². The predicted octanol–water partition coefficient (Wildman–Crippen LogP) is 1.68. The van der Waals surface area contributed by atoms with Crippen molar-refractivity contribution < 1.29 is 23.0 Å². The van der Waals surface area contributed by atoms with Crippen LogP contribution < -0.4 is 15.4 Å². The number of ether oxygens (including phenoxy) is 2. The number of benzene rings is 1. The zero-order chi connectivity index (χ0) is 14.8. The number of hydrogen-bond acceptors (Lipinski definition) is 4. The Hall–Kier alpha value is -1.44. The first-order chi connectivity index (χ1) is 9.63. The van der Waals surface area contributed by atoms with Crippen molar-refractivity contribution in [3.05, 3.63) is 29.8 Å². The van der Waals surface area contributed by atoms with Gasteiger partial charge in [-0.3, -0.25) is 4.79 Å². The molecule has 0 spiro atoms. The minimum Gasteiger partial charge on any atom is -0.435 e. The van der Waals surface area contributed by atoms with E-state index in [1.54, 1.807) is 7.11 Å². The molecule has 0 radical (unpaired) electrons. The first-order valence-corrected chi connectivity index (χ1v) is 6.16. The van der Waals surface area contributed by atoms with Crippen LogP contribution >= 0.6 is 12.4 Å². The van der Waals surface area contributed by atoms with Gasteiger partial charge in [0.2, 0.25) is 0 Å². The Labute approximate surface area is 128 Å². The highest BCUT2D eigenvalue weighted by atomic mass is 35.5. The van der Waals surface area contributed by atoms with Crippen molar-refractivity contribution in [1.29, 1.82) is 0 Å². The van der Waals surface area contributed by atoms with Crippen molar-refractivity contribution in [1.82, 2.24) is 10.6 Å². The minimum atomic E-state index is -2.90. The fraction of sp³-hybridized carbons (Fsp3) is 0.462. The average Bonchev–Trinajstić information content (AvgIpc) is 2.42. The second kappa shape index (κ2) is 11.2. The fourth-order valence-corrected chi connectivity index (χ4v) is 1.48. The molecule has 0 aromatic heterocycles. The molecule has 0 unspecified atom stereocenters. The summed E-state index contributed by atoms with van der Waals surface area (Å²) in [6.07, 6.45) is 0. The third-order valence-corrected chi connectivity index (χ3v) is 2.39. The van der Waals surface area contributed by atoms with Gasteiger partial charge < -0.3 is 20.1 Å². The lowest BCUT2D eigenvalue weighted by atomic mass is 10.2. The molecular formula is C13H19ClF2N2O3. The molecule has 8 heteroatoms. The van der Waals surface area contributed by atoms with Crippen LogP contribution in [0.5, 0.6) is 5.75 Å². The van der Waals surface area contributed by atoms with Crippen LogP contribution in [0.4, 0.5) is 8.78 Å². The van der Waals surface area contributed by atoms with Gasteiger partial charge in [-0.05, 0) is 18.2 Å². The van der Waals surface area contributed by atoms with Gasteiger partial charge in [0, 0.05) is 32.3 Å². The summed E-state index contributed by atoms with van der Waals surface area (Å²) in [6, 6.07) is 5.67. The molecule has 0 fully saturated rings. The maximum atomic E-state index is 12.1. The third-order valence-electron chi connectivity index (χ3n) is 2.39. The largest absolute Gasteiger partial charge is 0.435 e. The quantitative estimate of drug-likeness (QED) is 0.679. The van der Waals surface area contributed by atoms with Crippen molar-refractivity contribution in [2.45, 2.75) is 6.61 Å². The summed E-state index contributed by atoms with van der Waals surface area (Å²) in [5.41, 5.74) is 0.278. The van der Waals surface area contributed by atoms with Crippen LogP contribution in [-0.4, -0.2) is 45.9 Å². The van der Waals surface area contributed by atoms with Gasteiger partial charge in [-0.1, -0.05) is 6.07 Å². The lowest BCUT2D eigenvalue weighted by Gasteiger charge is -2.08. The molecule has 21 heavy (non-hydrogen) atoms. The van der Waals surface area contributed by atoms with Gasteiger partial charge in [-0.25, -0.2) is 0 Å². The van der Waals surface area contributed by atoms with Crippen molar-refractivity contribution in [2.75, 3.05) is 33.4 Å². The van der Waals surface area contributed by atoms with Crippen molar-refractivity contribution in [2.24, 2.45) is 0 Å². The molecule has 0 saturated carbocycles. The lowest BCUT2D eigenvalue weighted by Crippen LogP contribution is -2.33. The van der Waals surface area contributed by atoms with E-state index in [-0.39, 0.29) is 29.6 Å². The number of carbonyl (C=O) groups excluding carboxylic acids is 1. The number of carbonyl (C=O) groups is 1. The van der Waals surface area contributed by atoms with Crippen LogP contribution in [0.15, 0.2) is 24.3 Å². The van der Waals surface area contributed by atoms with Gasteiger partial charge >= 0.3 is 6.61 Å². The molecule has 1 rings (SSSR count). The smallest absolute Gasteiger partial charge is 0.387 e. The topological polar surface area (TPSA) is 59.6 Å². The molecule has 2 N–H and O–H groups in total. The fourth-order valence-electron chi connectivity index (χ4n) is 1.48. The molecule has 1 aromatic rings. The SMILES string of the molecule is COCCNCCNC(=O)c1cccc(OC(F)F)c1.Cl. The van der Waals surface area contributed by atoms with Gasteiger partial charge in [-0.15, -0.1) is 12.4 Å². The summed E-state index contributed by atoms with van der Waals surface area (Å²) in [4.78, 5) is 11.8. The second-order valence-corrected chi connectivity index (χ2v) is 3.91. The Balaban J connectivity index is 0.00000400. The van der Waals surface area contributed by atoms with Crippen LogP contribution in [-0.2, 0) is 4.74 Å². The second-order valence-electron chi connectivity index (χ2n) is 3.91. The van der Waals surface area contributed by atoms with E-state index in [9.17, 15) is 13.6 Å². The number of rotatable bonds is 9. The van der Waals surface area contributed by atoms with Crippen molar-refractivity contribution in [3.63, 3.8) is 0 Å². The highest BCUT2D eigenvalue weighted by molar-refractivity contribution is 5.94. The molecule has 1 aromatic carbocycles. The summed E-state index contributed by atoms with van der Waals surface area (Å²) in [5, 5.41) is 5.74. The van der Waals surface area contributed by atoms with E-state index >= 15 is 0 Å². The van der Waals surface area contributed by atoms with Crippen LogP contribution in [0.2, 0.25) is 0 Å². The highest BCUT2D eigenvalue weighted by Gasteiger charge is 2.08. The van der Waals surface area contributed by atoms with E-state index in [2.05, 4.69) is 15.4 Å². The summed E-state index contributed by atoms with van der Waals surface area (Å²) < 4.78 is 33.2. The summed E-state index contributed by atoms with van der Waals surface area (Å²) >= 11 is 0. The van der Waals surface area contributed by atoms with Gasteiger partial charge in [0.05, 0.1) is 6.61 Å². The molecule has 5 nitrogen and oxygen atoms in total. The molecule has 0 aliphatic heterocycles. The number of nitrogens with one attached hydrogen (secondary N) is 2. The van der Waals surface area contributed by atoms with E-state index in [1.165, 1.54) is 24.3 Å². The average molecular weight is 325 g/mol. The Morgan fingerprint density at radius 2 is 2.05 bits per heavy atom. The Morgan fingerprint density at radius 1 is 1.29 bits per heavy atom. The van der Waals surface area contributed by atoms with Crippen LogP contribution in [0.25, 0.3) is 0 Å². The van der Waals surface area contributed by atoms with Gasteiger partial charge in [-0.2, -0.15) is 8.78 Å². The van der Waals surface area contributed by atoms with Gasteiger partial charge in [0.1, 0.15) is 5.75 Å². The Morgan fingerprint density at radius 3 is 2.71 bits per heavy atom. The summed E-state index contributed by atoms with van der Waals surface area (Å²) in [5.74, 6) is -0.371. The summed E-state index contributed by atoms with van der Waals surface area (Å²) in [6.45, 7) is -0.575. The number of hydrogen-bond donors (Lipinski definition) is 2. The van der Waals surface area contributed by atoms with E-state index in [0.717, 1.165) is 0 Å². The molecule has 0 bridgehead atoms. The first-order valence-electron chi connectivity index (χ1n) is 6.16. The van der Waals surface area contributed by atoms with E-state index in [1.807, 2.05) is 0 Å². The highest BCUT2D eigenvalue weighted by Crippen LogP contribution is 2.15. The predicted molar refractivity (Wildman–Crippen MR) is 77.4 cm³/mol. The number of methoxy groups -OCH3 is 1. The Kier molecular flexibility index (Phi) is 10.5. The molecule has 1 amide bonds. The monoisotopic (exact) mass is 324 g/mol. The molecule has 0 atom stereocenters. The first kappa shape index (κ1) is 19.6. The molecule has 120 valence electrons. The zero-order valence-corrected chi connectivity index (χ0v) is 12.4. The standard InChI is InChI=1S/C13H18F2N2O3.ClH/c1-19-8-7-16-5-6-17-12(18)10-3-2-4-11(9-10)20-13(14)15;/h2-4,9,13,16H,5-8H2,1H3,(H,17,18);1H. The van der Waals surface area contributed by atoms with Gasteiger partial charge in [0.15, 0.2) is 0 Å². The van der Waals surface area contributed by atoms with Crippen molar-refractivity contribution >= 4 is 18.3 Å². The maximum absolute atomic E-state index is 12.1. The third kappa shape index (κ3) is 8.44.